The summed E-state index contributed by atoms with van der Waals surface area (Å²) in [6.07, 6.45) is 0. The van der Waals surface area contributed by atoms with Crippen molar-refractivity contribution in [2.75, 3.05) is 14.2 Å². The number of carbonyl (C=O) groups excluding carboxylic acids is 1. The molecule has 0 saturated carbocycles. The van der Waals surface area contributed by atoms with E-state index in [9.17, 15) is 4.79 Å². The van der Waals surface area contributed by atoms with Crippen LogP contribution in [-0.2, 0) is 13.2 Å². The predicted molar refractivity (Wildman–Crippen MR) is 108 cm³/mol. The minimum absolute atomic E-state index is 0.184. The molecule has 7 heteroatoms. The maximum atomic E-state index is 12.5. The normalized spacial score (nSPS) is 10.4. The fourth-order valence-corrected chi connectivity index (χ4v) is 3.21. The number of aryl methyl sites for hydroxylation is 1. The molecule has 0 spiro atoms. The molecule has 1 aromatic heterocycles. The lowest BCUT2D eigenvalue weighted by Gasteiger charge is -2.10. The zero-order valence-electron chi connectivity index (χ0n) is 16.0. The number of hydrogen-bond donors (Lipinski definition) is 1. The largest absolute Gasteiger partial charge is 0.497 e. The Kier molecular flexibility index (Phi) is 6.49. The fraction of sp³-hybridized carbons (Fsp3) is 0.238. The molecule has 1 N–H and O–H groups in total. The second-order valence-corrected chi connectivity index (χ2v) is 7.14. The number of thiazole rings is 1. The molecule has 0 saturated heterocycles. The molecule has 6 nitrogen and oxygen atoms in total. The van der Waals surface area contributed by atoms with E-state index in [0.29, 0.717) is 36.0 Å². The Morgan fingerprint density at radius 2 is 1.82 bits per heavy atom. The monoisotopic (exact) mass is 398 g/mol. The van der Waals surface area contributed by atoms with Gasteiger partial charge in [0.1, 0.15) is 23.9 Å². The summed E-state index contributed by atoms with van der Waals surface area (Å²) in [6, 6.07) is 12.6. The SMILES string of the molecule is COc1cc(CNC(=O)c2cccc(OCc3csc(C)n3)c2)cc(OC)c1. The van der Waals surface area contributed by atoms with E-state index >= 15 is 0 Å². The second kappa shape index (κ2) is 9.23. The van der Waals surface area contributed by atoms with Crippen LogP contribution in [0.4, 0.5) is 0 Å². The van der Waals surface area contributed by atoms with Gasteiger partial charge in [-0.3, -0.25) is 4.79 Å². The summed E-state index contributed by atoms with van der Waals surface area (Å²) in [7, 11) is 3.19. The van der Waals surface area contributed by atoms with Gasteiger partial charge in [-0.05, 0) is 42.8 Å². The van der Waals surface area contributed by atoms with Gasteiger partial charge >= 0.3 is 0 Å². The van der Waals surface area contributed by atoms with Gasteiger partial charge in [0.2, 0.25) is 0 Å². The highest BCUT2D eigenvalue weighted by molar-refractivity contribution is 7.09. The van der Waals surface area contributed by atoms with Gasteiger partial charge in [0.25, 0.3) is 5.91 Å². The van der Waals surface area contributed by atoms with E-state index < -0.39 is 0 Å². The Hall–Kier alpha value is -3.06. The van der Waals surface area contributed by atoms with Gasteiger partial charge in [-0.25, -0.2) is 4.98 Å². The lowest BCUT2D eigenvalue weighted by molar-refractivity contribution is 0.0950. The zero-order chi connectivity index (χ0) is 19.9. The van der Waals surface area contributed by atoms with E-state index in [0.717, 1.165) is 16.3 Å². The molecule has 0 radical (unpaired) electrons. The number of methoxy groups -OCH3 is 2. The van der Waals surface area contributed by atoms with Crippen molar-refractivity contribution in [2.45, 2.75) is 20.1 Å². The van der Waals surface area contributed by atoms with Gasteiger partial charge in [0, 0.05) is 23.6 Å². The average Bonchev–Trinajstić information content (AvgIpc) is 3.15. The molecular weight excluding hydrogens is 376 g/mol. The molecule has 3 rings (SSSR count). The van der Waals surface area contributed by atoms with E-state index in [1.54, 1.807) is 49.8 Å². The first-order chi connectivity index (χ1) is 13.6. The first-order valence-electron chi connectivity index (χ1n) is 8.71. The van der Waals surface area contributed by atoms with Gasteiger partial charge in [0.05, 0.1) is 24.9 Å². The number of aromatic nitrogens is 1. The molecule has 0 atom stereocenters. The topological polar surface area (TPSA) is 69.7 Å². The number of nitrogens with one attached hydrogen (secondary N) is 1. The number of hydrogen-bond acceptors (Lipinski definition) is 6. The molecule has 146 valence electrons. The molecule has 0 aliphatic rings. The Morgan fingerprint density at radius 3 is 2.46 bits per heavy atom. The van der Waals surface area contributed by atoms with Crippen molar-refractivity contribution in [3.8, 4) is 17.2 Å². The summed E-state index contributed by atoms with van der Waals surface area (Å²) in [5.41, 5.74) is 2.29. The van der Waals surface area contributed by atoms with Crippen LogP contribution in [0.5, 0.6) is 17.2 Å². The summed E-state index contributed by atoms with van der Waals surface area (Å²) in [4.78, 5) is 16.9. The smallest absolute Gasteiger partial charge is 0.251 e. The van der Waals surface area contributed by atoms with Crippen molar-refractivity contribution in [1.82, 2.24) is 10.3 Å². The number of rotatable bonds is 8. The van der Waals surface area contributed by atoms with Crippen molar-refractivity contribution in [3.63, 3.8) is 0 Å². The van der Waals surface area contributed by atoms with Crippen LogP contribution in [0.15, 0.2) is 47.8 Å². The highest BCUT2D eigenvalue weighted by Gasteiger charge is 2.09. The molecule has 3 aromatic rings. The number of benzene rings is 2. The molecule has 1 amide bonds. The van der Waals surface area contributed by atoms with Crippen LogP contribution in [0, 0.1) is 6.92 Å². The first-order valence-corrected chi connectivity index (χ1v) is 9.59. The third-order valence-corrected chi connectivity index (χ3v) is 4.84. The maximum Gasteiger partial charge on any atom is 0.251 e. The van der Waals surface area contributed by atoms with E-state index in [1.807, 2.05) is 30.5 Å². The summed E-state index contributed by atoms with van der Waals surface area (Å²) >= 11 is 1.58. The third-order valence-electron chi connectivity index (χ3n) is 4.01. The van der Waals surface area contributed by atoms with Gasteiger partial charge < -0.3 is 19.5 Å². The average molecular weight is 398 g/mol. The van der Waals surface area contributed by atoms with Gasteiger partial charge in [-0.15, -0.1) is 11.3 Å². The van der Waals surface area contributed by atoms with Gasteiger partial charge in [0.15, 0.2) is 0 Å². The molecular formula is C21H22N2O4S. The molecule has 1 heterocycles. The number of nitrogens with zero attached hydrogens (tertiary/aromatic N) is 1. The van der Waals surface area contributed by atoms with E-state index in [1.165, 1.54) is 0 Å². The quantitative estimate of drug-likeness (QED) is 0.622. The molecule has 2 aromatic carbocycles. The molecule has 0 bridgehead atoms. The highest BCUT2D eigenvalue weighted by atomic mass is 32.1. The summed E-state index contributed by atoms with van der Waals surface area (Å²) in [6.45, 7) is 2.69. The minimum Gasteiger partial charge on any atom is -0.497 e. The summed E-state index contributed by atoms with van der Waals surface area (Å²) < 4.78 is 16.3. The highest BCUT2D eigenvalue weighted by Crippen LogP contribution is 2.22. The Balaban J connectivity index is 1.61. The van der Waals surface area contributed by atoms with Gasteiger partial charge in [-0.1, -0.05) is 6.07 Å². The fourth-order valence-electron chi connectivity index (χ4n) is 2.61. The number of carbonyl (C=O) groups is 1. The standard InChI is InChI=1S/C21H22N2O4S/c1-14-23-17(13-28-14)12-27-18-6-4-5-16(9-18)21(24)22-11-15-7-19(25-2)10-20(8-15)26-3/h4-10,13H,11-12H2,1-3H3,(H,22,24). The first kappa shape index (κ1) is 19.7. The third kappa shape index (κ3) is 5.23. The van der Waals surface area contributed by atoms with Crippen LogP contribution in [-0.4, -0.2) is 25.1 Å². The maximum absolute atomic E-state index is 12.5. The Labute approximate surface area is 168 Å². The lowest BCUT2D eigenvalue weighted by Crippen LogP contribution is -2.22. The van der Waals surface area contributed by atoms with Gasteiger partial charge in [-0.2, -0.15) is 0 Å². The van der Waals surface area contributed by atoms with Crippen LogP contribution in [0.2, 0.25) is 0 Å². The Morgan fingerprint density at radius 1 is 1.07 bits per heavy atom. The zero-order valence-corrected chi connectivity index (χ0v) is 16.8. The van der Waals surface area contributed by atoms with Crippen molar-refractivity contribution in [1.29, 1.82) is 0 Å². The second-order valence-electron chi connectivity index (χ2n) is 6.08. The van der Waals surface area contributed by atoms with Crippen LogP contribution in [0.3, 0.4) is 0 Å². The molecule has 0 aliphatic heterocycles. The molecule has 0 aliphatic carbocycles. The van der Waals surface area contributed by atoms with Crippen LogP contribution in [0.1, 0.15) is 26.6 Å². The van der Waals surface area contributed by atoms with E-state index in [-0.39, 0.29) is 5.91 Å². The van der Waals surface area contributed by atoms with Crippen LogP contribution >= 0.6 is 11.3 Å². The molecule has 0 fully saturated rings. The van der Waals surface area contributed by atoms with Crippen molar-refractivity contribution in [3.05, 3.63) is 69.7 Å². The Bertz CT molecular complexity index is 933. The van der Waals surface area contributed by atoms with Crippen LogP contribution in [0.25, 0.3) is 0 Å². The van der Waals surface area contributed by atoms with Crippen molar-refractivity contribution in [2.24, 2.45) is 0 Å². The molecule has 0 unspecified atom stereocenters. The predicted octanol–water partition coefficient (Wildman–Crippen LogP) is 3.98. The summed E-state index contributed by atoms with van der Waals surface area (Å²) in [5, 5.41) is 5.87. The van der Waals surface area contributed by atoms with E-state index in [2.05, 4.69) is 10.3 Å². The van der Waals surface area contributed by atoms with Crippen molar-refractivity contribution < 1.29 is 19.0 Å². The summed E-state index contributed by atoms with van der Waals surface area (Å²) in [5.74, 6) is 1.80. The van der Waals surface area contributed by atoms with Crippen LogP contribution < -0.4 is 19.5 Å². The molecule has 28 heavy (non-hydrogen) atoms. The number of ether oxygens (including phenoxy) is 3. The van der Waals surface area contributed by atoms with Crippen molar-refractivity contribution >= 4 is 17.2 Å². The van der Waals surface area contributed by atoms with E-state index in [4.69, 9.17) is 14.2 Å². The minimum atomic E-state index is -0.184. The number of amides is 1. The lowest BCUT2D eigenvalue weighted by atomic mass is 10.1.